The monoisotopic (exact) mass is 516 g/mol. The molecule has 0 aliphatic carbocycles. The van der Waals surface area contributed by atoms with E-state index in [1.54, 1.807) is 67.6 Å². The molecule has 3 N–H and O–H groups in total. The quantitative estimate of drug-likeness (QED) is 0.318. The van der Waals surface area contributed by atoms with E-state index in [0.29, 0.717) is 45.8 Å². The maximum Gasteiger partial charge on any atom is 0.338 e. The van der Waals surface area contributed by atoms with Gasteiger partial charge in [-0.3, -0.25) is 9.59 Å². The first-order valence-corrected chi connectivity index (χ1v) is 12.6. The second-order valence-electron chi connectivity index (χ2n) is 11.2. The number of carbonyl (C=O) groups is 3. The van der Waals surface area contributed by atoms with Crippen molar-refractivity contribution < 1.29 is 24.2 Å². The van der Waals surface area contributed by atoms with Crippen LogP contribution in [-0.2, 0) is 15.6 Å². The molecule has 200 valence electrons. The Morgan fingerprint density at radius 3 is 1.47 bits per heavy atom. The van der Waals surface area contributed by atoms with Crippen LogP contribution in [0.2, 0.25) is 0 Å². The first-order valence-electron chi connectivity index (χ1n) is 12.6. The first kappa shape index (κ1) is 28.4. The van der Waals surface area contributed by atoms with Crippen LogP contribution in [0.5, 0.6) is 5.75 Å². The molecule has 0 heterocycles. The average Bonchev–Trinajstić information content (AvgIpc) is 2.83. The van der Waals surface area contributed by atoms with Gasteiger partial charge in [0.05, 0.1) is 12.2 Å². The van der Waals surface area contributed by atoms with Crippen molar-refractivity contribution in [3.05, 3.63) is 88.5 Å². The van der Waals surface area contributed by atoms with Crippen molar-refractivity contribution in [2.24, 2.45) is 0 Å². The molecular formula is C31H36N2O5. The lowest BCUT2D eigenvalue weighted by Crippen LogP contribution is -2.20. The van der Waals surface area contributed by atoms with E-state index < -0.39 is 5.97 Å². The fourth-order valence-electron chi connectivity index (χ4n) is 3.92. The van der Waals surface area contributed by atoms with E-state index in [-0.39, 0.29) is 28.4 Å². The summed E-state index contributed by atoms with van der Waals surface area (Å²) in [6, 6.07) is 16.5. The molecule has 0 atom stereocenters. The minimum absolute atomic E-state index is 0.215. The number of ether oxygens (including phenoxy) is 1. The van der Waals surface area contributed by atoms with Crippen molar-refractivity contribution in [1.29, 1.82) is 0 Å². The van der Waals surface area contributed by atoms with Crippen LogP contribution >= 0.6 is 0 Å². The van der Waals surface area contributed by atoms with E-state index in [1.165, 1.54) is 0 Å². The summed E-state index contributed by atoms with van der Waals surface area (Å²) >= 11 is 0. The van der Waals surface area contributed by atoms with Gasteiger partial charge in [0.2, 0.25) is 0 Å². The maximum absolute atomic E-state index is 13.2. The van der Waals surface area contributed by atoms with Crippen LogP contribution < -0.4 is 10.6 Å². The summed E-state index contributed by atoms with van der Waals surface area (Å²) in [6.45, 7) is 14.0. The SMILES string of the molecule is CCOC(=O)c1ccc(NC(=O)c2ccc(NC(=O)c3cc(C(C)(C)C)c(O)c(C(C)(C)C)c3)cc2)cc1. The molecule has 3 aromatic carbocycles. The number of hydrogen-bond acceptors (Lipinski definition) is 5. The van der Waals surface area contributed by atoms with Crippen molar-refractivity contribution in [2.75, 3.05) is 17.2 Å². The molecule has 0 bridgehead atoms. The van der Waals surface area contributed by atoms with Gasteiger partial charge in [0, 0.05) is 33.6 Å². The van der Waals surface area contributed by atoms with Gasteiger partial charge >= 0.3 is 5.97 Å². The molecule has 0 aliphatic heterocycles. The molecule has 7 nitrogen and oxygen atoms in total. The number of esters is 1. The van der Waals surface area contributed by atoms with Gasteiger partial charge in [0.15, 0.2) is 0 Å². The summed E-state index contributed by atoms with van der Waals surface area (Å²) in [4.78, 5) is 37.6. The van der Waals surface area contributed by atoms with E-state index in [0.717, 1.165) is 0 Å². The summed E-state index contributed by atoms with van der Waals surface area (Å²) < 4.78 is 4.96. The summed E-state index contributed by atoms with van der Waals surface area (Å²) in [5, 5.41) is 16.6. The molecule has 7 heteroatoms. The van der Waals surface area contributed by atoms with Crippen LogP contribution in [0.3, 0.4) is 0 Å². The van der Waals surface area contributed by atoms with Crippen molar-refractivity contribution >= 4 is 29.2 Å². The highest BCUT2D eigenvalue weighted by atomic mass is 16.5. The summed E-state index contributed by atoms with van der Waals surface area (Å²) in [5.41, 5.74) is 3.05. The van der Waals surface area contributed by atoms with Gasteiger partial charge in [0.1, 0.15) is 5.75 Å². The standard InChI is InChI=1S/C31H36N2O5/c1-8-38-29(37)20-11-15-23(16-12-20)32-27(35)19-9-13-22(14-10-19)33-28(36)21-17-24(30(2,3)4)26(34)25(18-21)31(5,6)7/h9-18,34H,8H2,1-7H3,(H,32,35)(H,33,36). The maximum atomic E-state index is 13.2. The Bertz CT molecular complexity index is 1290. The fourth-order valence-corrected chi connectivity index (χ4v) is 3.92. The topological polar surface area (TPSA) is 105 Å². The molecule has 2 amide bonds. The molecule has 3 aromatic rings. The molecule has 0 radical (unpaired) electrons. The number of nitrogens with one attached hydrogen (secondary N) is 2. The number of amides is 2. The smallest absolute Gasteiger partial charge is 0.338 e. The van der Waals surface area contributed by atoms with Crippen molar-refractivity contribution in [3.63, 3.8) is 0 Å². The molecule has 3 rings (SSSR count). The second kappa shape index (κ2) is 11.1. The number of anilines is 2. The number of aromatic hydroxyl groups is 1. The lowest BCUT2D eigenvalue weighted by molar-refractivity contribution is 0.0526. The molecule has 0 saturated carbocycles. The third kappa shape index (κ3) is 6.79. The Labute approximate surface area is 224 Å². The zero-order valence-electron chi connectivity index (χ0n) is 23.1. The predicted molar refractivity (Wildman–Crippen MR) is 150 cm³/mol. The largest absolute Gasteiger partial charge is 0.507 e. The Hall–Kier alpha value is -4.13. The van der Waals surface area contributed by atoms with E-state index in [1.807, 2.05) is 41.5 Å². The molecule has 38 heavy (non-hydrogen) atoms. The van der Waals surface area contributed by atoms with E-state index >= 15 is 0 Å². The number of phenols is 1. The molecule has 0 aliphatic rings. The van der Waals surface area contributed by atoms with Crippen molar-refractivity contribution in [1.82, 2.24) is 0 Å². The van der Waals surface area contributed by atoms with Gasteiger partial charge in [-0.1, -0.05) is 41.5 Å². The van der Waals surface area contributed by atoms with Crippen LogP contribution in [0.4, 0.5) is 11.4 Å². The van der Waals surface area contributed by atoms with Gasteiger partial charge in [-0.25, -0.2) is 4.79 Å². The van der Waals surface area contributed by atoms with Gasteiger partial charge in [-0.15, -0.1) is 0 Å². The first-order chi connectivity index (χ1) is 17.7. The molecule has 0 spiro atoms. The molecule has 0 saturated heterocycles. The van der Waals surface area contributed by atoms with Crippen molar-refractivity contribution in [2.45, 2.75) is 59.3 Å². The van der Waals surface area contributed by atoms with Crippen LogP contribution in [0, 0.1) is 0 Å². The van der Waals surface area contributed by atoms with Gasteiger partial charge in [-0.2, -0.15) is 0 Å². The van der Waals surface area contributed by atoms with Gasteiger partial charge < -0.3 is 20.5 Å². The minimum atomic E-state index is -0.417. The highest BCUT2D eigenvalue weighted by Crippen LogP contribution is 2.39. The van der Waals surface area contributed by atoms with E-state index in [9.17, 15) is 19.5 Å². The zero-order valence-corrected chi connectivity index (χ0v) is 23.1. The highest BCUT2D eigenvalue weighted by molar-refractivity contribution is 6.06. The van der Waals surface area contributed by atoms with Crippen LogP contribution in [0.25, 0.3) is 0 Å². The number of phenolic OH excluding ortho intramolecular Hbond substituents is 1. The van der Waals surface area contributed by atoms with Gasteiger partial charge in [0.25, 0.3) is 11.8 Å². The predicted octanol–water partition coefficient (Wildman–Crippen LogP) is 6.67. The van der Waals surface area contributed by atoms with Crippen LogP contribution in [0.15, 0.2) is 60.7 Å². The third-order valence-electron chi connectivity index (χ3n) is 6.05. The van der Waals surface area contributed by atoms with Crippen LogP contribution in [0.1, 0.15) is 90.7 Å². The number of hydrogen-bond donors (Lipinski definition) is 3. The summed E-state index contributed by atoms with van der Waals surface area (Å²) in [5.74, 6) is -0.832. The Kier molecular flexibility index (Phi) is 8.30. The van der Waals surface area contributed by atoms with E-state index in [4.69, 9.17) is 4.74 Å². The number of rotatable bonds is 6. The fraction of sp³-hybridized carbons (Fsp3) is 0.323. The van der Waals surface area contributed by atoms with E-state index in [2.05, 4.69) is 10.6 Å². The Morgan fingerprint density at radius 2 is 1.08 bits per heavy atom. The average molecular weight is 517 g/mol. The molecule has 0 fully saturated rings. The Morgan fingerprint density at radius 1 is 0.684 bits per heavy atom. The van der Waals surface area contributed by atoms with Crippen molar-refractivity contribution in [3.8, 4) is 5.75 Å². The molecule has 0 unspecified atom stereocenters. The summed E-state index contributed by atoms with van der Waals surface area (Å²) in [7, 11) is 0. The number of carbonyl (C=O) groups excluding carboxylic acids is 3. The zero-order chi connectivity index (χ0) is 28.3. The van der Waals surface area contributed by atoms with Gasteiger partial charge in [-0.05, 0) is 78.4 Å². The number of benzene rings is 3. The Balaban J connectivity index is 1.74. The third-order valence-corrected chi connectivity index (χ3v) is 6.05. The second-order valence-corrected chi connectivity index (χ2v) is 11.2. The lowest BCUT2D eigenvalue weighted by atomic mass is 9.78. The molecule has 0 aromatic heterocycles. The minimum Gasteiger partial charge on any atom is -0.507 e. The normalized spacial score (nSPS) is 11.6. The summed E-state index contributed by atoms with van der Waals surface area (Å²) in [6.07, 6.45) is 0. The molecular weight excluding hydrogens is 480 g/mol. The highest BCUT2D eigenvalue weighted by Gasteiger charge is 2.28. The lowest BCUT2D eigenvalue weighted by Gasteiger charge is -2.28. The van der Waals surface area contributed by atoms with Crippen LogP contribution in [-0.4, -0.2) is 29.5 Å².